The van der Waals surface area contributed by atoms with Crippen LogP contribution in [0.15, 0.2) is 4.99 Å². The first-order chi connectivity index (χ1) is 6.34. The Morgan fingerprint density at radius 1 is 1.85 bits per heavy atom. The summed E-state index contributed by atoms with van der Waals surface area (Å²) in [5.74, 6) is 2.17. The molecule has 0 saturated carbocycles. The van der Waals surface area contributed by atoms with E-state index < -0.39 is 0 Å². The molecule has 4 nitrogen and oxygen atoms in total. The van der Waals surface area contributed by atoms with Crippen molar-refractivity contribution in [3.63, 3.8) is 0 Å². The van der Waals surface area contributed by atoms with Gasteiger partial charge in [-0.1, -0.05) is 12.8 Å². The highest BCUT2D eigenvalue weighted by Gasteiger charge is 2.20. The van der Waals surface area contributed by atoms with E-state index in [1.165, 1.54) is 0 Å². The summed E-state index contributed by atoms with van der Waals surface area (Å²) in [7, 11) is 0. The van der Waals surface area contributed by atoms with Crippen molar-refractivity contribution in [3.05, 3.63) is 0 Å². The fourth-order valence-corrected chi connectivity index (χ4v) is 0.904. The fourth-order valence-electron chi connectivity index (χ4n) is 0.904. The maximum Gasteiger partial charge on any atom is 0.326 e. The van der Waals surface area contributed by atoms with Gasteiger partial charge < -0.3 is 10.1 Å². The zero-order valence-electron chi connectivity index (χ0n) is 7.54. The molecular formula is C9H12N2O2. The van der Waals surface area contributed by atoms with Gasteiger partial charge in [-0.25, -0.2) is 0 Å². The van der Waals surface area contributed by atoms with Gasteiger partial charge in [-0.2, -0.15) is 0 Å². The van der Waals surface area contributed by atoms with Gasteiger partial charge in [0.2, 0.25) is 0 Å². The van der Waals surface area contributed by atoms with E-state index in [4.69, 9.17) is 4.74 Å². The second-order valence-corrected chi connectivity index (χ2v) is 2.65. The molecule has 0 aromatic rings. The minimum absolute atomic E-state index is 0.198. The Bertz CT molecular complexity index is 263. The van der Waals surface area contributed by atoms with Crippen LogP contribution in [0, 0.1) is 17.9 Å². The van der Waals surface area contributed by atoms with Crippen LogP contribution in [0.1, 0.15) is 13.3 Å². The van der Waals surface area contributed by atoms with E-state index in [0.717, 1.165) is 0 Å². The molecule has 0 fully saturated rings. The van der Waals surface area contributed by atoms with Crippen LogP contribution in [0.5, 0.6) is 0 Å². The van der Waals surface area contributed by atoms with Crippen molar-refractivity contribution in [2.24, 2.45) is 10.9 Å². The Kier molecular flexibility index (Phi) is 3.83. The van der Waals surface area contributed by atoms with Gasteiger partial charge in [0.25, 0.3) is 0 Å². The Labute approximate surface area is 77.4 Å². The smallest absolute Gasteiger partial charge is 0.326 e. The normalized spacial score (nSPS) is 19.6. The monoisotopic (exact) mass is 180 g/mol. The van der Waals surface area contributed by atoms with Crippen LogP contribution in [0.3, 0.4) is 0 Å². The first-order valence-electron chi connectivity index (χ1n) is 4.24. The number of hydrogen-bond acceptors (Lipinski definition) is 4. The summed E-state index contributed by atoms with van der Waals surface area (Å²) in [6.45, 7) is 2.96. The average molecular weight is 180 g/mol. The van der Waals surface area contributed by atoms with Gasteiger partial charge in [-0.15, -0.1) is 0 Å². The molecule has 0 spiro atoms. The zero-order valence-corrected chi connectivity index (χ0v) is 7.54. The molecule has 1 rings (SSSR count). The van der Waals surface area contributed by atoms with E-state index in [0.29, 0.717) is 19.5 Å². The number of esters is 1. The topological polar surface area (TPSA) is 50.7 Å². The summed E-state index contributed by atoms with van der Waals surface area (Å²) in [6, 6.07) is 0. The summed E-state index contributed by atoms with van der Waals surface area (Å²) in [5.41, 5.74) is 0. The summed E-state index contributed by atoms with van der Waals surface area (Å²) >= 11 is 0. The molecule has 13 heavy (non-hydrogen) atoms. The number of aliphatic imine (C=N–C) groups is 1. The van der Waals surface area contributed by atoms with Crippen LogP contribution in [0.4, 0.5) is 0 Å². The van der Waals surface area contributed by atoms with E-state index in [-0.39, 0.29) is 11.9 Å². The lowest BCUT2D eigenvalue weighted by molar-refractivity contribution is -0.140. The SMILES string of the molecule is CCC#COC(=O)C1CN=CNC1. The van der Waals surface area contributed by atoms with Crippen LogP contribution in [0.2, 0.25) is 0 Å². The Morgan fingerprint density at radius 2 is 2.69 bits per heavy atom. The number of rotatable bonds is 1. The third-order valence-electron chi connectivity index (χ3n) is 1.61. The zero-order chi connectivity index (χ0) is 9.52. The third kappa shape index (κ3) is 3.16. The number of hydrogen-bond donors (Lipinski definition) is 1. The standard InChI is InChI=1S/C9H12N2O2/c1-2-3-4-13-9(12)8-5-10-7-11-6-8/h7-8H,2,5-6H2,1H3,(H,10,11). The Morgan fingerprint density at radius 3 is 3.31 bits per heavy atom. The first-order valence-corrected chi connectivity index (χ1v) is 4.24. The summed E-state index contributed by atoms with van der Waals surface area (Å²) < 4.78 is 4.71. The number of nitrogens with one attached hydrogen (secondary N) is 1. The van der Waals surface area contributed by atoms with Crippen molar-refractivity contribution in [2.75, 3.05) is 13.1 Å². The van der Waals surface area contributed by atoms with Crippen molar-refractivity contribution in [2.45, 2.75) is 13.3 Å². The van der Waals surface area contributed by atoms with E-state index in [9.17, 15) is 4.79 Å². The molecule has 0 radical (unpaired) electrons. The third-order valence-corrected chi connectivity index (χ3v) is 1.61. The molecule has 0 aliphatic carbocycles. The second-order valence-electron chi connectivity index (χ2n) is 2.65. The molecule has 1 atom stereocenters. The van der Waals surface area contributed by atoms with Crippen LogP contribution in [0.25, 0.3) is 0 Å². The molecule has 0 aromatic heterocycles. The van der Waals surface area contributed by atoms with Crippen molar-refractivity contribution < 1.29 is 9.53 Å². The lowest BCUT2D eigenvalue weighted by Gasteiger charge is -2.14. The first kappa shape index (κ1) is 9.59. The van der Waals surface area contributed by atoms with Gasteiger partial charge in [-0.05, 0) is 0 Å². The molecule has 0 bridgehead atoms. The molecular weight excluding hydrogens is 168 g/mol. The minimum atomic E-state index is -0.301. The van der Waals surface area contributed by atoms with E-state index in [1.54, 1.807) is 6.34 Å². The van der Waals surface area contributed by atoms with Crippen molar-refractivity contribution in [3.8, 4) is 12.0 Å². The van der Waals surface area contributed by atoms with Gasteiger partial charge in [0.15, 0.2) is 0 Å². The van der Waals surface area contributed by atoms with E-state index in [2.05, 4.69) is 22.3 Å². The summed E-state index contributed by atoms with van der Waals surface area (Å²) in [4.78, 5) is 15.2. The van der Waals surface area contributed by atoms with Crippen LogP contribution < -0.4 is 5.32 Å². The van der Waals surface area contributed by atoms with Gasteiger partial charge in [-0.3, -0.25) is 9.79 Å². The Hall–Kier alpha value is -1.50. The van der Waals surface area contributed by atoms with Gasteiger partial charge in [0.1, 0.15) is 6.11 Å². The number of carbonyl (C=O) groups is 1. The van der Waals surface area contributed by atoms with Gasteiger partial charge >= 0.3 is 5.97 Å². The number of nitrogens with zero attached hydrogens (tertiary/aromatic N) is 1. The molecule has 0 saturated heterocycles. The maximum absolute atomic E-state index is 11.2. The molecule has 1 aliphatic heterocycles. The average Bonchev–Trinajstić information content (AvgIpc) is 2.19. The predicted molar refractivity (Wildman–Crippen MR) is 49.0 cm³/mol. The number of ether oxygens (including phenoxy) is 1. The van der Waals surface area contributed by atoms with Gasteiger partial charge in [0, 0.05) is 13.0 Å². The van der Waals surface area contributed by atoms with Crippen LogP contribution in [-0.2, 0) is 9.53 Å². The number of carbonyl (C=O) groups excluding carboxylic acids is 1. The highest BCUT2D eigenvalue weighted by molar-refractivity contribution is 5.75. The lowest BCUT2D eigenvalue weighted by Crippen LogP contribution is -2.34. The molecule has 0 aromatic carbocycles. The highest BCUT2D eigenvalue weighted by Crippen LogP contribution is 2.01. The second kappa shape index (κ2) is 5.20. The minimum Gasteiger partial charge on any atom is -0.375 e. The molecule has 1 unspecified atom stereocenters. The molecule has 1 aliphatic rings. The quantitative estimate of drug-likeness (QED) is 0.461. The van der Waals surface area contributed by atoms with Crippen LogP contribution >= 0.6 is 0 Å². The highest BCUT2D eigenvalue weighted by atomic mass is 16.5. The summed E-state index contributed by atoms with van der Waals surface area (Å²) in [6.07, 6.45) is 4.64. The van der Waals surface area contributed by atoms with E-state index >= 15 is 0 Å². The van der Waals surface area contributed by atoms with Gasteiger partial charge in [0.05, 0.1) is 18.8 Å². The lowest BCUT2D eigenvalue weighted by atomic mass is 10.1. The summed E-state index contributed by atoms with van der Waals surface area (Å²) in [5, 5.41) is 2.87. The Balaban J connectivity index is 2.34. The van der Waals surface area contributed by atoms with Crippen molar-refractivity contribution >= 4 is 12.3 Å². The van der Waals surface area contributed by atoms with Crippen molar-refractivity contribution in [1.29, 1.82) is 0 Å². The molecule has 1 heterocycles. The maximum atomic E-state index is 11.2. The molecule has 70 valence electrons. The fraction of sp³-hybridized carbons (Fsp3) is 0.556. The molecule has 1 N–H and O–H groups in total. The van der Waals surface area contributed by atoms with Crippen LogP contribution in [-0.4, -0.2) is 25.4 Å². The predicted octanol–water partition coefficient (Wildman–Crippen LogP) is 0.148. The molecule has 4 heteroatoms. The van der Waals surface area contributed by atoms with Crippen molar-refractivity contribution in [1.82, 2.24) is 5.32 Å². The van der Waals surface area contributed by atoms with E-state index in [1.807, 2.05) is 6.92 Å². The largest absolute Gasteiger partial charge is 0.375 e. The molecule has 0 amide bonds.